The maximum atomic E-state index is 6.34. The molecule has 0 fully saturated rings. The Balaban J connectivity index is 2.77. The molecule has 0 bridgehead atoms. The summed E-state index contributed by atoms with van der Waals surface area (Å²) in [4.78, 5) is 4.46. The molecule has 0 saturated carbocycles. The number of anilines is 1. The SMILES string of the molecule is CCCNCc1c(Cl)cccc1N(C)CCN(C)C. The molecule has 1 aromatic rings. The molecule has 0 aliphatic carbocycles. The van der Waals surface area contributed by atoms with Gasteiger partial charge in [-0.2, -0.15) is 0 Å². The van der Waals surface area contributed by atoms with Crippen LogP contribution in [0.2, 0.25) is 5.02 Å². The fourth-order valence-electron chi connectivity index (χ4n) is 1.94. The molecule has 0 radical (unpaired) electrons. The Bertz CT molecular complexity index is 380. The van der Waals surface area contributed by atoms with Crippen LogP contribution in [0.25, 0.3) is 0 Å². The van der Waals surface area contributed by atoms with Crippen molar-refractivity contribution in [2.75, 3.05) is 45.7 Å². The van der Waals surface area contributed by atoms with Crippen LogP contribution < -0.4 is 10.2 Å². The molecule has 4 heteroatoms. The van der Waals surface area contributed by atoms with Crippen molar-refractivity contribution in [1.29, 1.82) is 0 Å². The van der Waals surface area contributed by atoms with Crippen LogP contribution in [0, 0.1) is 0 Å². The summed E-state index contributed by atoms with van der Waals surface area (Å²) < 4.78 is 0. The Morgan fingerprint density at radius 3 is 2.53 bits per heavy atom. The highest BCUT2D eigenvalue weighted by molar-refractivity contribution is 6.31. The van der Waals surface area contributed by atoms with E-state index in [0.717, 1.165) is 37.6 Å². The Kier molecular flexibility index (Phi) is 7.21. The van der Waals surface area contributed by atoms with Crippen molar-refractivity contribution in [3.05, 3.63) is 28.8 Å². The zero-order valence-corrected chi connectivity index (χ0v) is 13.3. The number of hydrogen-bond acceptors (Lipinski definition) is 3. The summed E-state index contributed by atoms with van der Waals surface area (Å²) in [5, 5.41) is 4.28. The lowest BCUT2D eigenvalue weighted by Gasteiger charge is -2.25. The normalized spacial score (nSPS) is 11.1. The molecule has 0 unspecified atom stereocenters. The van der Waals surface area contributed by atoms with Gasteiger partial charge in [0.15, 0.2) is 0 Å². The van der Waals surface area contributed by atoms with Gasteiger partial charge in [-0.05, 0) is 39.2 Å². The molecule has 0 aliphatic rings. The summed E-state index contributed by atoms with van der Waals surface area (Å²) in [5.74, 6) is 0. The molecule has 0 heterocycles. The number of halogens is 1. The predicted octanol–water partition coefficient (Wildman–Crippen LogP) is 2.84. The molecular weight excluding hydrogens is 258 g/mol. The van der Waals surface area contributed by atoms with Crippen LogP contribution in [0.1, 0.15) is 18.9 Å². The molecule has 0 amide bonds. The first-order valence-electron chi connectivity index (χ1n) is 6.90. The van der Waals surface area contributed by atoms with E-state index in [1.807, 2.05) is 12.1 Å². The Morgan fingerprint density at radius 1 is 1.16 bits per heavy atom. The van der Waals surface area contributed by atoms with Gasteiger partial charge in [-0.25, -0.2) is 0 Å². The maximum Gasteiger partial charge on any atom is 0.0471 e. The van der Waals surface area contributed by atoms with Crippen molar-refractivity contribution >= 4 is 17.3 Å². The minimum Gasteiger partial charge on any atom is -0.373 e. The number of hydrogen-bond donors (Lipinski definition) is 1. The molecule has 0 aromatic heterocycles. The lowest BCUT2D eigenvalue weighted by atomic mass is 10.1. The zero-order valence-electron chi connectivity index (χ0n) is 12.5. The predicted molar refractivity (Wildman–Crippen MR) is 85.3 cm³/mol. The van der Waals surface area contributed by atoms with E-state index in [1.165, 1.54) is 11.3 Å². The summed E-state index contributed by atoms with van der Waals surface area (Å²) in [7, 11) is 6.31. The molecule has 1 rings (SSSR count). The second-order valence-corrected chi connectivity index (χ2v) is 5.55. The minimum atomic E-state index is 0.829. The molecule has 19 heavy (non-hydrogen) atoms. The van der Waals surface area contributed by atoms with Crippen molar-refractivity contribution in [3.63, 3.8) is 0 Å². The first-order valence-corrected chi connectivity index (χ1v) is 7.28. The third kappa shape index (κ3) is 5.39. The summed E-state index contributed by atoms with van der Waals surface area (Å²) >= 11 is 6.34. The second kappa shape index (κ2) is 8.41. The molecule has 108 valence electrons. The second-order valence-electron chi connectivity index (χ2n) is 5.14. The number of benzene rings is 1. The van der Waals surface area contributed by atoms with Crippen molar-refractivity contribution in [3.8, 4) is 0 Å². The fourth-order valence-corrected chi connectivity index (χ4v) is 2.18. The van der Waals surface area contributed by atoms with Gasteiger partial charge in [-0.3, -0.25) is 0 Å². The molecule has 0 spiro atoms. The number of nitrogens with one attached hydrogen (secondary N) is 1. The van der Waals surface area contributed by atoms with E-state index in [9.17, 15) is 0 Å². The summed E-state index contributed by atoms with van der Waals surface area (Å²) in [5.41, 5.74) is 2.41. The highest BCUT2D eigenvalue weighted by Crippen LogP contribution is 2.26. The van der Waals surface area contributed by atoms with Crippen molar-refractivity contribution in [1.82, 2.24) is 10.2 Å². The van der Waals surface area contributed by atoms with Crippen molar-refractivity contribution in [2.24, 2.45) is 0 Å². The molecular formula is C15H26ClN3. The Labute approximate surface area is 122 Å². The van der Waals surface area contributed by atoms with Gasteiger partial charge in [0.25, 0.3) is 0 Å². The number of nitrogens with zero attached hydrogens (tertiary/aromatic N) is 2. The summed E-state index contributed by atoms with van der Waals surface area (Å²) in [6.07, 6.45) is 1.14. The van der Waals surface area contributed by atoms with E-state index in [-0.39, 0.29) is 0 Å². The molecule has 1 N–H and O–H groups in total. The van der Waals surface area contributed by atoms with Crippen LogP contribution in [0.15, 0.2) is 18.2 Å². The van der Waals surface area contributed by atoms with Gasteiger partial charge < -0.3 is 15.1 Å². The van der Waals surface area contributed by atoms with Crippen LogP contribution in [0.4, 0.5) is 5.69 Å². The van der Waals surface area contributed by atoms with E-state index in [1.54, 1.807) is 0 Å². The molecule has 0 saturated heterocycles. The zero-order chi connectivity index (χ0) is 14.3. The van der Waals surface area contributed by atoms with Crippen LogP contribution in [-0.4, -0.2) is 45.7 Å². The largest absolute Gasteiger partial charge is 0.373 e. The van der Waals surface area contributed by atoms with E-state index < -0.39 is 0 Å². The monoisotopic (exact) mass is 283 g/mol. The summed E-state index contributed by atoms with van der Waals surface area (Å²) in [6, 6.07) is 6.13. The van der Waals surface area contributed by atoms with Gasteiger partial charge in [-0.1, -0.05) is 24.6 Å². The van der Waals surface area contributed by atoms with Gasteiger partial charge >= 0.3 is 0 Å². The van der Waals surface area contributed by atoms with Gasteiger partial charge in [0.1, 0.15) is 0 Å². The van der Waals surface area contributed by atoms with E-state index in [0.29, 0.717) is 0 Å². The third-order valence-electron chi connectivity index (χ3n) is 3.12. The number of rotatable bonds is 8. The number of likely N-dealkylation sites (N-methyl/N-ethyl adjacent to an activating group) is 2. The fraction of sp³-hybridized carbons (Fsp3) is 0.600. The molecule has 1 aromatic carbocycles. The van der Waals surface area contributed by atoms with E-state index in [2.05, 4.69) is 49.2 Å². The first-order chi connectivity index (χ1) is 9.06. The van der Waals surface area contributed by atoms with Gasteiger partial charge in [0.2, 0.25) is 0 Å². The van der Waals surface area contributed by atoms with Gasteiger partial charge in [0, 0.05) is 43.0 Å². The highest BCUT2D eigenvalue weighted by Gasteiger charge is 2.10. The van der Waals surface area contributed by atoms with Gasteiger partial charge in [0.05, 0.1) is 0 Å². The standard InChI is InChI=1S/C15H26ClN3/c1-5-9-17-12-13-14(16)7-6-8-15(13)19(4)11-10-18(2)3/h6-8,17H,5,9-12H2,1-4H3. The lowest BCUT2D eigenvalue weighted by Crippen LogP contribution is -2.29. The summed E-state index contributed by atoms with van der Waals surface area (Å²) in [6.45, 7) is 6.05. The lowest BCUT2D eigenvalue weighted by molar-refractivity contribution is 0.416. The highest BCUT2D eigenvalue weighted by atomic mass is 35.5. The van der Waals surface area contributed by atoms with Crippen LogP contribution in [0.5, 0.6) is 0 Å². The Morgan fingerprint density at radius 2 is 1.89 bits per heavy atom. The van der Waals surface area contributed by atoms with Crippen LogP contribution in [0.3, 0.4) is 0 Å². The average molecular weight is 284 g/mol. The van der Waals surface area contributed by atoms with Crippen LogP contribution >= 0.6 is 11.6 Å². The quantitative estimate of drug-likeness (QED) is 0.740. The van der Waals surface area contributed by atoms with Crippen LogP contribution in [-0.2, 0) is 6.54 Å². The average Bonchev–Trinajstić information content (AvgIpc) is 2.38. The molecule has 3 nitrogen and oxygen atoms in total. The topological polar surface area (TPSA) is 18.5 Å². The third-order valence-corrected chi connectivity index (χ3v) is 3.47. The molecule has 0 aliphatic heterocycles. The van der Waals surface area contributed by atoms with Crippen molar-refractivity contribution in [2.45, 2.75) is 19.9 Å². The van der Waals surface area contributed by atoms with Crippen molar-refractivity contribution < 1.29 is 0 Å². The molecule has 0 atom stereocenters. The van der Waals surface area contributed by atoms with E-state index >= 15 is 0 Å². The van der Waals surface area contributed by atoms with Gasteiger partial charge in [-0.15, -0.1) is 0 Å². The smallest absolute Gasteiger partial charge is 0.0471 e. The Hall–Kier alpha value is -0.770. The minimum absolute atomic E-state index is 0.829. The van der Waals surface area contributed by atoms with E-state index in [4.69, 9.17) is 11.6 Å². The maximum absolute atomic E-state index is 6.34. The first kappa shape index (κ1) is 16.3.